The fourth-order valence-electron chi connectivity index (χ4n) is 1.89. The van der Waals surface area contributed by atoms with Crippen LogP contribution in [0.4, 0.5) is 0 Å². The molecule has 0 atom stereocenters. The second-order valence-corrected chi connectivity index (χ2v) is 4.91. The molecule has 1 saturated carbocycles. The van der Waals surface area contributed by atoms with Crippen molar-refractivity contribution in [3.05, 3.63) is 30.2 Å². The maximum absolute atomic E-state index is 5.60. The molecule has 2 aromatic rings. The normalized spacial score (nSPS) is 14.0. The van der Waals surface area contributed by atoms with Gasteiger partial charge in [-0.1, -0.05) is 0 Å². The Hall–Kier alpha value is -2.21. The number of rotatable bonds is 7. The fraction of sp³-hybridized carbons (Fsp3) is 0.400. The molecular weight excluding hydrogens is 272 g/mol. The summed E-state index contributed by atoms with van der Waals surface area (Å²) in [6.07, 6.45) is 4.29. The van der Waals surface area contributed by atoms with E-state index in [1.54, 1.807) is 38.7 Å². The summed E-state index contributed by atoms with van der Waals surface area (Å²) in [4.78, 5) is 4.28. The molecule has 1 N–H and O–H groups in total. The van der Waals surface area contributed by atoms with Gasteiger partial charge in [-0.25, -0.2) is 0 Å². The largest absolute Gasteiger partial charge is 0.496 e. The first-order valence-corrected chi connectivity index (χ1v) is 6.85. The number of benzene rings is 1. The van der Waals surface area contributed by atoms with Crippen LogP contribution < -0.4 is 19.5 Å². The van der Waals surface area contributed by atoms with Crippen LogP contribution in [-0.4, -0.2) is 25.2 Å². The molecule has 0 bridgehead atoms. The number of ether oxygens (including phenoxy) is 3. The van der Waals surface area contributed by atoms with Gasteiger partial charge in [0.2, 0.25) is 0 Å². The van der Waals surface area contributed by atoms with E-state index in [4.69, 9.17) is 18.6 Å². The number of nitrogens with zero attached hydrogens (tertiary/aromatic N) is 1. The first kappa shape index (κ1) is 13.8. The van der Waals surface area contributed by atoms with Crippen molar-refractivity contribution in [3.8, 4) is 23.3 Å². The Kier molecular flexibility index (Phi) is 3.96. The Morgan fingerprint density at radius 3 is 2.43 bits per heavy atom. The van der Waals surface area contributed by atoms with Gasteiger partial charge in [0.25, 0.3) is 0 Å². The SMILES string of the molecule is COc1cc(OC)cc(Oc2nc(CNC3CC3)co2)c1. The van der Waals surface area contributed by atoms with E-state index >= 15 is 0 Å². The standard InChI is InChI=1S/C15H18N2O4/c1-18-12-5-13(19-2)7-14(6-12)21-15-17-11(9-20-15)8-16-10-3-4-10/h5-7,9-10,16H,3-4,8H2,1-2H3. The highest BCUT2D eigenvalue weighted by molar-refractivity contribution is 5.42. The summed E-state index contributed by atoms with van der Waals surface area (Å²) in [6, 6.07) is 5.89. The first-order valence-electron chi connectivity index (χ1n) is 6.85. The van der Waals surface area contributed by atoms with Crippen molar-refractivity contribution in [2.24, 2.45) is 0 Å². The molecule has 1 aliphatic rings. The van der Waals surface area contributed by atoms with Gasteiger partial charge in [-0.05, 0) is 12.8 Å². The molecule has 1 heterocycles. The van der Waals surface area contributed by atoms with Crippen molar-refractivity contribution in [3.63, 3.8) is 0 Å². The number of nitrogens with one attached hydrogen (secondary N) is 1. The van der Waals surface area contributed by atoms with E-state index in [9.17, 15) is 0 Å². The molecule has 0 unspecified atom stereocenters. The van der Waals surface area contributed by atoms with E-state index in [0.29, 0.717) is 29.8 Å². The van der Waals surface area contributed by atoms with Gasteiger partial charge >= 0.3 is 6.08 Å². The molecule has 6 nitrogen and oxygen atoms in total. The highest BCUT2D eigenvalue weighted by Gasteiger charge is 2.20. The van der Waals surface area contributed by atoms with Crippen molar-refractivity contribution in [1.29, 1.82) is 0 Å². The highest BCUT2D eigenvalue weighted by atomic mass is 16.6. The van der Waals surface area contributed by atoms with Crippen LogP contribution in [-0.2, 0) is 6.54 Å². The monoisotopic (exact) mass is 290 g/mol. The average molecular weight is 290 g/mol. The van der Waals surface area contributed by atoms with Crippen LogP contribution in [0.15, 0.2) is 28.9 Å². The van der Waals surface area contributed by atoms with E-state index in [1.165, 1.54) is 12.8 Å². The van der Waals surface area contributed by atoms with E-state index < -0.39 is 0 Å². The maximum atomic E-state index is 5.60. The second kappa shape index (κ2) is 6.05. The predicted molar refractivity (Wildman–Crippen MR) is 76.0 cm³/mol. The third-order valence-electron chi connectivity index (χ3n) is 3.21. The Bertz CT molecular complexity index is 585. The van der Waals surface area contributed by atoms with Crippen molar-refractivity contribution in [1.82, 2.24) is 10.3 Å². The van der Waals surface area contributed by atoms with Crippen LogP contribution >= 0.6 is 0 Å². The van der Waals surface area contributed by atoms with E-state index in [-0.39, 0.29) is 6.08 Å². The maximum Gasteiger partial charge on any atom is 0.399 e. The average Bonchev–Trinajstić information content (AvgIpc) is 3.24. The number of hydrogen-bond donors (Lipinski definition) is 1. The minimum atomic E-state index is 0.206. The third kappa shape index (κ3) is 3.66. The van der Waals surface area contributed by atoms with Gasteiger partial charge in [-0.2, -0.15) is 4.98 Å². The Balaban J connectivity index is 1.67. The van der Waals surface area contributed by atoms with Gasteiger partial charge in [0, 0.05) is 30.8 Å². The molecule has 0 saturated heterocycles. The second-order valence-electron chi connectivity index (χ2n) is 4.91. The van der Waals surface area contributed by atoms with Gasteiger partial charge in [0.05, 0.1) is 19.9 Å². The molecule has 1 aromatic carbocycles. The van der Waals surface area contributed by atoms with Crippen LogP contribution in [0, 0.1) is 0 Å². The summed E-state index contributed by atoms with van der Waals surface area (Å²) in [6.45, 7) is 0.693. The van der Waals surface area contributed by atoms with E-state index in [0.717, 1.165) is 5.69 Å². The van der Waals surface area contributed by atoms with Crippen LogP contribution in [0.3, 0.4) is 0 Å². The predicted octanol–water partition coefficient (Wildman–Crippen LogP) is 2.74. The molecule has 0 spiro atoms. The molecule has 0 aliphatic heterocycles. The lowest BCUT2D eigenvalue weighted by Crippen LogP contribution is -2.15. The lowest BCUT2D eigenvalue weighted by molar-refractivity contribution is 0.325. The molecule has 112 valence electrons. The molecule has 0 amide bonds. The minimum Gasteiger partial charge on any atom is -0.496 e. The Morgan fingerprint density at radius 2 is 1.81 bits per heavy atom. The lowest BCUT2D eigenvalue weighted by Gasteiger charge is -2.07. The molecule has 1 aromatic heterocycles. The summed E-state index contributed by atoms with van der Waals surface area (Å²) < 4.78 is 21.3. The summed E-state index contributed by atoms with van der Waals surface area (Å²) >= 11 is 0. The van der Waals surface area contributed by atoms with E-state index in [2.05, 4.69) is 10.3 Å². The summed E-state index contributed by atoms with van der Waals surface area (Å²) in [5.74, 6) is 1.84. The van der Waals surface area contributed by atoms with Gasteiger partial charge < -0.3 is 23.9 Å². The summed E-state index contributed by atoms with van der Waals surface area (Å²) in [5, 5.41) is 3.37. The highest BCUT2D eigenvalue weighted by Crippen LogP contribution is 2.30. The number of oxazole rings is 1. The van der Waals surface area contributed by atoms with Crippen molar-refractivity contribution in [2.75, 3.05) is 14.2 Å². The van der Waals surface area contributed by atoms with E-state index in [1.807, 2.05) is 0 Å². The summed E-state index contributed by atoms with van der Waals surface area (Å²) in [5.41, 5.74) is 0.826. The Labute approximate surface area is 123 Å². The molecular formula is C15H18N2O4. The molecule has 0 radical (unpaired) electrons. The van der Waals surface area contributed by atoms with Gasteiger partial charge in [-0.15, -0.1) is 0 Å². The smallest absolute Gasteiger partial charge is 0.399 e. The van der Waals surface area contributed by atoms with Gasteiger partial charge in [0.15, 0.2) is 0 Å². The molecule has 1 fully saturated rings. The van der Waals surface area contributed by atoms with Crippen molar-refractivity contribution in [2.45, 2.75) is 25.4 Å². The van der Waals surface area contributed by atoms with Crippen LogP contribution in [0.25, 0.3) is 0 Å². The minimum absolute atomic E-state index is 0.206. The van der Waals surface area contributed by atoms with Gasteiger partial charge in [-0.3, -0.25) is 0 Å². The number of methoxy groups -OCH3 is 2. The van der Waals surface area contributed by atoms with Crippen LogP contribution in [0.5, 0.6) is 23.3 Å². The van der Waals surface area contributed by atoms with Crippen LogP contribution in [0.1, 0.15) is 18.5 Å². The number of hydrogen-bond acceptors (Lipinski definition) is 6. The first-order chi connectivity index (χ1) is 10.3. The van der Waals surface area contributed by atoms with Crippen molar-refractivity contribution < 1.29 is 18.6 Å². The van der Waals surface area contributed by atoms with Crippen molar-refractivity contribution >= 4 is 0 Å². The Morgan fingerprint density at radius 1 is 1.14 bits per heavy atom. The molecule has 3 rings (SSSR count). The summed E-state index contributed by atoms with van der Waals surface area (Å²) in [7, 11) is 3.18. The molecule has 6 heteroatoms. The quantitative estimate of drug-likeness (QED) is 0.845. The zero-order valence-electron chi connectivity index (χ0n) is 12.1. The van der Waals surface area contributed by atoms with Crippen LogP contribution in [0.2, 0.25) is 0 Å². The number of aromatic nitrogens is 1. The van der Waals surface area contributed by atoms with Gasteiger partial charge in [0.1, 0.15) is 23.5 Å². The zero-order valence-corrected chi connectivity index (χ0v) is 12.1. The molecule has 1 aliphatic carbocycles. The zero-order chi connectivity index (χ0) is 14.7. The lowest BCUT2D eigenvalue weighted by atomic mass is 10.3. The third-order valence-corrected chi connectivity index (χ3v) is 3.21. The fourth-order valence-corrected chi connectivity index (χ4v) is 1.89. The topological polar surface area (TPSA) is 65.8 Å². The molecule has 21 heavy (non-hydrogen) atoms.